The average molecular weight is 235 g/mol. The molecule has 2 rings (SSSR count). The average Bonchev–Trinajstić information content (AvgIpc) is 2.29. The number of aromatic nitrogens is 1. The molecule has 0 unspecified atom stereocenters. The number of hydrogen-bond acceptors (Lipinski definition) is 3. The normalized spacial score (nSPS) is 10.1. The molecule has 5 heteroatoms. The Morgan fingerprint density at radius 2 is 1.88 bits per heavy atom. The minimum absolute atomic E-state index is 0.0566. The second-order valence-corrected chi connectivity index (χ2v) is 3.54. The SMILES string of the molecule is O=[N+]([O-])c1cc(Cl)nc(-c2ccccc2)c1. The van der Waals surface area contributed by atoms with Gasteiger partial charge < -0.3 is 0 Å². The molecule has 1 aromatic carbocycles. The van der Waals surface area contributed by atoms with Crippen molar-refractivity contribution in [2.24, 2.45) is 0 Å². The van der Waals surface area contributed by atoms with Crippen molar-refractivity contribution in [3.63, 3.8) is 0 Å². The van der Waals surface area contributed by atoms with Gasteiger partial charge in [-0.1, -0.05) is 41.9 Å². The first kappa shape index (κ1) is 10.6. The Balaban J connectivity index is 2.54. The number of benzene rings is 1. The number of hydrogen-bond donors (Lipinski definition) is 0. The topological polar surface area (TPSA) is 56.0 Å². The molecule has 1 heterocycles. The fourth-order valence-electron chi connectivity index (χ4n) is 1.35. The third-order valence-electron chi connectivity index (χ3n) is 2.06. The molecule has 1 aromatic heterocycles. The summed E-state index contributed by atoms with van der Waals surface area (Å²) in [5, 5.41) is 10.8. The molecule has 0 spiro atoms. The van der Waals surface area contributed by atoms with Gasteiger partial charge in [-0.05, 0) is 0 Å². The zero-order valence-electron chi connectivity index (χ0n) is 8.13. The van der Waals surface area contributed by atoms with Crippen LogP contribution in [-0.4, -0.2) is 9.91 Å². The molecule has 0 N–H and O–H groups in total. The smallest absolute Gasteiger partial charge is 0.258 e. The largest absolute Gasteiger partial charge is 0.274 e. The highest BCUT2D eigenvalue weighted by molar-refractivity contribution is 6.29. The molecule has 0 aliphatic carbocycles. The van der Waals surface area contributed by atoms with Crippen LogP contribution in [-0.2, 0) is 0 Å². The second-order valence-electron chi connectivity index (χ2n) is 3.16. The Bertz CT molecular complexity index is 529. The molecule has 0 bridgehead atoms. The summed E-state index contributed by atoms with van der Waals surface area (Å²) in [6.07, 6.45) is 0. The summed E-state index contributed by atoms with van der Waals surface area (Å²) in [7, 11) is 0. The van der Waals surface area contributed by atoms with Gasteiger partial charge in [0.15, 0.2) is 0 Å². The quantitative estimate of drug-likeness (QED) is 0.455. The maximum absolute atomic E-state index is 10.7. The number of nitro groups is 1. The molecule has 4 nitrogen and oxygen atoms in total. The lowest BCUT2D eigenvalue weighted by atomic mass is 10.1. The van der Waals surface area contributed by atoms with Crippen LogP contribution >= 0.6 is 11.6 Å². The molecule has 2 aromatic rings. The van der Waals surface area contributed by atoms with E-state index in [0.717, 1.165) is 5.56 Å². The van der Waals surface area contributed by atoms with Crippen LogP contribution in [0.3, 0.4) is 0 Å². The molecular formula is C11H7ClN2O2. The summed E-state index contributed by atoms with van der Waals surface area (Å²) in [4.78, 5) is 14.2. The van der Waals surface area contributed by atoms with Crippen LogP contribution in [0.1, 0.15) is 0 Å². The van der Waals surface area contributed by atoms with Crippen LogP contribution in [0.5, 0.6) is 0 Å². The van der Waals surface area contributed by atoms with Crippen molar-refractivity contribution < 1.29 is 4.92 Å². The van der Waals surface area contributed by atoms with Crippen LogP contribution in [0.4, 0.5) is 5.69 Å². The highest BCUT2D eigenvalue weighted by atomic mass is 35.5. The Kier molecular flexibility index (Phi) is 2.83. The van der Waals surface area contributed by atoms with E-state index in [-0.39, 0.29) is 10.8 Å². The van der Waals surface area contributed by atoms with Crippen molar-refractivity contribution >= 4 is 17.3 Å². The molecule has 0 aliphatic heterocycles. The van der Waals surface area contributed by atoms with E-state index in [4.69, 9.17) is 11.6 Å². The number of halogens is 1. The Hall–Kier alpha value is -1.94. The van der Waals surface area contributed by atoms with Crippen molar-refractivity contribution in [2.75, 3.05) is 0 Å². The highest BCUT2D eigenvalue weighted by Gasteiger charge is 2.10. The molecule has 0 saturated carbocycles. The van der Waals surface area contributed by atoms with E-state index in [1.807, 2.05) is 30.3 Å². The fourth-order valence-corrected chi connectivity index (χ4v) is 1.55. The van der Waals surface area contributed by atoms with Crippen LogP contribution in [0.15, 0.2) is 42.5 Å². The third-order valence-corrected chi connectivity index (χ3v) is 2.25. The molecule has 80 valence electrons. The summed E-state index contributed by atoms with van der Waals surface area (Å²) >= 11 is 5.73. The Morgan fingerprint density at radius 1 is 1.19 bits per heavy atom. The molecule has 0 amide bonds. The van der Waals surface area contributed by atoms with Gasteiger partial charge in [-0.15, -0.1) is 0 Å². The Labute approximate surface area is 96.7 Å². The first-order valence-corrected chi connectivity index (χ1v) is 4.92. The van der Waals surface area contributed by atoms with Crippen LogP contribution < -0.4 is 0 Å². The molecular weight excluding hydrogens is 228 g/mol. The van der Waals surface area contributed by atoms with Gasteiger partial charge in [0.1, 0.15) is 5.15 Å². The fraction of sp³-hybridized carbons (Fsp3) is 0. The van der Waals surface area contributed by atoms with E-state index in [1.165, 1.54) is 12.1 Å². The van der Waals surface area contributed by atoms with Crippen molar-refractivity contribution in [3.05, 3.63) is 57.7 Å². The van der Waals surface area contributed by atoms with E-state index in [1.54, 1.807) is 0 Å². The van der Waals surface area contributed by atoms with E-state index in [0.29, 0.717) is 5.69 Å². The summed E-state index contributed by atoms with van der Waals surface area (Å²) in [6, 6.07) is 11.8. The summed E-state index contributed by atoms with van der Waals surface area (Å²) in [5.74, 6) is 0. The van der Waals surface area contributed by atoms with E-state index >= 15 is 0 Å². The van der Waals surface area contributed by atoms with Crippen molar-refractivity contribution in [1.82, 2.24) is 4.98 Å². The zero-order chi connectivity index (χ0) is 11.5. The minimum atomic E-state index is -0.486. The minimum Gasteiger partial charge on any atom is -0.258 e. The van der Waals surface area contributed by atoms with Crippen molar-refractivity contribution in [2.45, 2.75) is 0 Å². The number of nitrogens with zero attached hydrogens (tertiary/aromatic N) is 2. The highest BCUT2D eigenvalue weighted by Crippen LogP contribution is 2.24. The second kappa shape index (κ2) is 4.28. The number of pyridine rings is 1. The van der Waals surface area contributed by atoms with Gasteiger partial charge in [-0.3, -0.25) is 10.1 Å². The van der Waals surface area contributed by atoms with Gasteiger partial charge in [-0.2, -0.15) is 0 Å². The monoisotopic (exact) mass is 234 g/mol. The lowest BCUT2D eigenvalue weighted by Crippen LogP contribution is -1.91. The standard InChI is InChI=1S/C11H7ClN2O2/c12-11-7-9(14(15)16)6-10(13-11)8-4-2-1-3-5-8/h1-7H. The van der Waals surface area contributed by atoms with Crippen LogP contribution in [0.2, 0.25) is 5.15 Å². The van der Waals surface area contributed by atoms with E-state index < -0.39 is 4.92 Å². The Morgan fingerprint density at radius 3 is 2.50 bits per heavy atom. The predicted octanol–water partition coefficient (Wildman–Crippen LogP) is 3.31. The zero-order valence-corrected chi connectivity index (χ0v) is 8.89. The summed E-state index contributed by atoms with van der Waals surface area (Å²) < 4.78 is 0. The van der Waals surface area contributed by atoms with Gasteiger partial charge in [0.2, 0.25) is 0 Å². The summed E-state index contributed by atoms with van der Waals surface area (Å²) in [6.45, 7) is 0. The van der Waals surface area contributed by atoms with Gasteiger partial charge in [0, 0.05) is 11.6 Å². The first-order chi connectivity index (χ1) is 7.66. The lowest BCUT2D eigenvalue weighted by molar-refractivity contribution is -0.384. The molecule has 16 heavy (non-hydrogen) atoms. The number of rotatable bonds is 2. The first-order valence-electron chi connectivity index (χ1n) is 4.54. The van der Waals surface area contributed by atoms with E-state index in [9.17, 15) is 10.1 Å². The maximum atomic E-state index is 10.7. The van der Waals surface area contributed by atoms with Crippen molar-refractivity contribution in [1.29, 1.82) is 0 Å². The molecule has 0 radical (unpaired) electrons. The predicted molar refractivity (Wildman–Crippen MR) is 61.3 cm³/mol. The molecule has 0 aliphatic rings. The van der Waals surface area contributed by atoms with Gasteiger partial charge in [0.05, 0.1) is 16.7 Å². The third kappa shape index (κ3) is 2.17. The molecule has 0 saturated heterocycles. The van der Waals surface area contributed by atoms with Gasteiger partial charge >= 0.3 is 0 Å². The van der Waals surface area contributed by atoms with Crippen molar-refractivity contribution in [3.8, 4) is 11.3 Å². The van der Waals surface area contributed by atoms with Crippen LogP contribution in [0.25, 0.3) is 11.3 Å². The van der Waals surface area contributed by atoms with Crippen LogP contribution in [0, 0.1) is 10.1 Å². The van der Waals surface area contributed by atoms with E-state index in [2.05, 4.69) is 4.98 Å². The molecule has 0 atom stereocenters. The van der Waals surface area contributed by atoms with Gasteiger partial charge in [0.25, 0.3) is 5.69 Å². The van der Waals surface area contributed by atoms with Gasteiger partial charge in [-0.25, -0.2) is 4.98 Å². The summed E-state index contributed by atoms with van der Waals surface area (Å²) in [5.41, 5.74) is 1.24. The maximum Gasteiger partial charge on any atom is 0.274 e. The molecule has 0 fully saturated rings. The lowest BCUT2D eigenvalue weighted by Gasteiger charge is -2.01.